The number of unbranched alkanes of at least 4 members (excludes halogenated alkanes) is 1. The Hall–Kier alpha value is -3.65. The molecule has 204 valence electrons. The lowest BCUT2D eigenvalue weighted by molar-refractivity contribution is 0.398. The Labute approximate surface area is 227 Å². The number of hydrazine groups is 1. The van der Waals surface area contributed by atoms with Crippen LogP contribution in [0.15, 0.2) is 65.9 Å². The molecule has 1 heterocycles. The van der Waals surface area contributed by atoms with Crippen molar-refractivity contribution in [1.29, 1.82) is 0 Å². The highest BCUT2D eigenvalue weighted by Gasteiger charge is 2.14. The first-order chi connectivity index (χ1) is 18.2. The van der Waals surface area contributed by atoms with Gasteiger partial charge in [0.25, 0.3) is 0 Å². The first-order valence-electron chi connectivity index (χ1n) is 13.5. The van der Waals surface area contributed by atoms with E-state index in [0.29, 0.717) is 12.4 Å². The maximum absolute atomic E-state index is 5.61. The average molecular weight is 517 g/mol. The number of amidine groups is 1. The predicted octanol–water partition coefficient (Wildman–Crippen LogP) is 4.89. The number of benzene rings is 2. The first kappa shape index (κ1) is 28.9. The molecule has 0 unspecified atom stereocenters. The summed E-state index contributed by atoms with van der Waals surface area (Å²) < 4.78 is 2.07. The molecule has 0 saturated heterocycles. The summed E-state index contributed by atoms with van der Waals surface area (Å²) in [6.07, 6.45) is 5.95. The number of aryl methyl sites for hydroxylation is 2. The molecule has 0 radical (unpaired) electrons. The van der Waals surface area contributed by atoms with Crippen LogP contribution < -0.4 is 22.4 Å². The van der Waals surface area contributed by atoms with Gasteiger partial charge in [-0.2, -0.15) is 10.2 Å². The summed E-state index contributed by atoms with van der Waals surface area (Å²) in [5.41, 5.74) is 8.00. The van der Waals surface area contributed by atoms with Gasteiger partial charge in [-0.25, -0.2) is 15.5 Å². The second kappa shape index (κ2) is 13.8. The maximum Gasteiger partial charge on any atom is 0.167 e. The fourth-order valence-electron chi connectivity index (χ4n) is 4.48. The van der Waals surface area contributed by atoms with E-state index in [1.54, 1.807) is 0 Å². The third-order valence-electron chi connectivity index (χ3n) is 6.29. The van der Waals surface area contributed by atoms with Crippen molar-refractivity contribution in [3.05, 3.63) is 83.6 Å². The summed E-state index contributed by atoms with van der Waals surface area (Å²) >= 11 is 0. The van der Waals surface area contributed by atoms with Gasteiger partial charge < -0.3 is 16.6 Å². The Morgan fingerprint density at radius 1 is 1.05 bits per heavy atom. The molecule has 0 aliphatic carbocycles. The van der Waals surface area contributed by atoms with E-state index in [4.69, 9.17) is 21.8 Å². The van der Waals surface area contributed by atoms with Crippen LogP contribution in [-0.4, -0.2) is 27.1 Å². The first-order valence-corrected chi connectivity index (χ1v) is 13.5. The molecule has 0 aliphatic rings. The molecule has 0 spiro atoms. The minimum atomic E-state index is 0.240. The van der Waals surface area contributed by atoms with Crippen molar-refractivity contribution < 1.29 is 0 Å². The normalized spacial score (nSPS) is 12.0. The van der Waals surface area contributed by atoms with Crippen molar-refractivity contribution in [2.75, 3.05) is 6.54 Å². The van der Waals surface area contributed by atoms with Crippen molar-refractivity contribution in [2.24, 2.45) is 22.2 Å². The maximum atomic E-state index is 5.61. The predicted molar refractivity (Wildman–Crippen MR) is 157 cm³/mol. The van der Waals surface area contributed by atoms with Crippen molar-refractivity contribution in [1.82, 2.24) is 25.5 Å². The molecule has 1 aromatic heterocycles. The summed E-state index contributed by atoms with van der Waals surface area (Å²) in [6.45, 7) is 14.6. The monoisotopic (exact) mass is 516 g/mol. The molecule has 0 aliphatic heterocycles. The van der Waals surface area contributed by atoms with E-state index in [2.05, 4.69) is 79.1 Å². The van der Waals surface area contributed by atoms with E-state index in [0.717, 1.165) is 79.1 Å². The van der Waals surface area contributed by atoms with Gasteiger partial charge in [0.2, 0.25) is 0 Å². The molecular weight excluding hydrogens is 472 g/mol. The number of hydrazone groups is 1. The summed E-state index contributed by atoms with van der Waals surface area (Å²) in [6, 6.07) is 16.4. The molecule has 0 amide bonds. The molecule has 0 fully saturated rings. The van der Waals surface area contributed by atoms with Crippen LogP contribution in [0.4, 0.5) is 0 Å². The van der Waals surface area contributed by atoms with Gasteiger partial charge in [0, 0.05) is 30.6 Å². The Balaban J connectivity index is 1.68. The van der Waals surface area contributed by atoms with E-state index in [-0.39, 0.29) is 5.41 Å². The molecule has 0 saturated carbocycles. The Morgan fingerprint density at radius 2 is 1.79 bits per heavy atom. The SMILES string of the molecule is C=C(CC(C)(C)C)NCCCc1nc(CCCC)n(Cc2ccc(-c3ccccc3/C(=N/N)NN)cc2)n1. The molecule has 3 aromatic rings. The Kier molecular flexibility index (Phi) is 10.5. The lowest BCUT2D eigenvalue weighted by Crippen LogP contribution is -2.32. The van der Waals surface area contributed by atoms with Gasteiger partial charge in [0.1, 0.15) is 5.82 Å². The van der Waals surface area contributed by atoms with Crippen LogP contribution >= 0.6 is 0 Å². The zero-order chi connectivity index (χ0) is 27.5. The van der Waals surface area contributed by atoms with Crippen LogP contribution in [-0.2, 0) is 19.4 Å². The topological polar surface area (TPSA) is 119 Å². The number of nitrogens with zero attached hydrogens (tertiary/aromatic N) is 4. The van der Waals surface area contributed by atoms with E-state index >= 15 is 0 Å². The smallest absolute Gasteiger partial charge is 0.167 e. The number of rotatable bonds is 13. The molecule has 0 bridgehead atoms. The second-order valence-corrected chi connectivity index (χ2v) is 10.9. The molecule has 8 nitrogen and oxygen atoms in total. The summed E-state index contributed by atoms with van der Waals surface area (Å²) in [5, 5.41) is 12.1. The van der Waals surface area contributed by atoms with Gasteiger partial charge in [0.15, 0.2) is 11.7 Å². The highest BCUT2D eigenvalue weighted by atomic mass is 15.3. The van der Waals surface area contributed by atoms with E-state index < -0.39 is 0 Å². The molecular formula is C30H44N8. The highest BCUT2D eigenvalue weighted by molar-refractivity contribution is 6.04. The zero-order valence-electron chi connectivity index (χ0n) is 23.4. The Morgan fingerprint density at radius 3 is 2.45 bits per heavy atom. The van der Waals surface area contributed by atoms with E-state index in [1.807, 2.05) is 24.3 Å². The largest absolute Gasteiger partial charge is 0.389 e. The van der Waals surface area contributed by atoms with Crippen LogP contribution in [0.25, 0.3) is 11.1 Å². The molecule has 8 heteroatoms. The number of nitrogens with one attached hydrogen (secondary N) is 2. The number of hydrogen-bond donors (Lipinski definition) is 4. The van der Waals surface area contributed by atoms with Crippen molar-refractivity contribution in [2.45, 2.75) is 72.8 Å². The summed E-state index contributed by atoms with van der Waals surface area (Å²) in [7, 11) is 0. The van der Waals surface area contributed by atoms with Crippen molar-refractivity contribution in [3.63, 3.8) is 0 Å². The van der Waals surface area contributed by atoms with Crippen LogP contribution in [0.5, 0.6) is 0 Å². The fraction of sp³-hybridized carbons (Fsp3) is 0.433. The minimum Gasteiger partial charge on any atom is -0.389 e. The van der Waals surface area contributed by atoms with Gasteiger partial charge in [0.05, 0.1) is 6.54 Å². The molecule has 6 N–H and O–H groups in total. The number of aromatic nitrogens is 3. The third kappa shape index (κ3) is 8.45. The van der Waals surface area contributed by atoms with Crippen LogP contribution in [0.2, 0.25) is 0 Å². The van der Waals surface area contributed by atoms with Crippen molar-refractivity contribution >= 4 is 5.84 Å². The van der Waals surface area contributed by atoms with Gasteiger partial charge in [-0.15, -0.1) is 0 Å². The molecule has 38 heavy (non-hydrogen) atoms. The number of hydrogen-bond acceptors (Lipinski definition) is 6. The summed E-state index contributed by atoms with van der Waals surface area (Å²) in [4.78, 5) is 4.89. The molecule has 2 aromatic carbocycles. The fourth-order valence-corrected chi connectivity index (χ4v) is 4.48. The average Bonchev–Trinajstić information content (AvgIpc) is 3.27. The Bertz CT molecular complexity index is 1200. The standard InChI is InChI=1S/C30H44N8/c1-6-7-14-28-34-27(13-10-19-33-22(2)20-30(3,4)5)37-38(28)21-23-15-17-24(18-16-23)25-11-8-9-12-26(25)29(35-31)36-32/h8-9,11-12,15-18,33H,2,6-7,10,13-14,19-21,31-32H2,1,3-5H3,(H,35,36). The van der Waals surface area contributed by atoms with Crippen LogP contribution in [0, 0.1) is 5.41 Å². The van der Waals surface area contributed by atoms with Crippen molar-refractivity contribution in [3.8, 4) is 11.1 Å². The zero-order valence-corrected chi connectivity index (χ0v) is 23.4. The number of allylic oxidation sites excluding steroid dienone is 1. The quantitative estimate of drug-likeness (QED) is 0.0844. The minimum absolute atomic E-state index is 0.240. The van der Waals surface area contributed by atoms with Crippen LogP contribution in [0.1, 0.15) is 76.2 Å². The lowest BCUT2D eigenvalue weighted by Gasteiger charge is -2.20. The lowest BCUT2D eigenvalue weighted by atomic mass is 9.91. The van der Waals surface area contributed by atoms with Gasteiger partial charge in [-0.3, -0.25) is 0 Å². The number of nitrogens with two attached hydrogens (primary N) is 2. The van der Waals surface area contributed by atoms with Gasteiger partial charge >= 0.3 is 0 Å². The highest BCUT2D eigenvalue weighted by Crippen LogP contribution is 2.25. The van der Waals surface area contributed by atoms with Crippen LogP contribution in [0.3, 0.4) is 0 Å². The molecule has 0 atom stereocenters. The van der Waals surface area contributed by atoms with Gasteiger partial charge in [-0.05, 0) is 41.4 Å². The van der Waals surface area contributed by atoms with Gasteiger partial charge in [-0.1, -0.05) is 89.2 Å². The van der Waals surface area contributed by atoms with E-state index in [9.17, 15) is 0 Å². The van der Waals surface area contributed by atoms with E-state index in [1.165, 1.54) is 5.56 Å². The summed E-state index contributed by atoms with van der Waals surface area (Å²) in [5.74, 6) is 13.5. The third-order valence-corrected chi connectivity index (χ3v) is 6.29. The second-order valence-electron chi connectivity index (χ2n) is 10.9. The molecule has 3 rings (SSSR count).